The van der Waals surface area contributed by atoms with Crippen LogP contribution in [0.15, 0.2) is 64.4 Å². The van der Waals surface area contributed by atoms with Gasteiger partial charge in [0.2, 0.25) is 20.0 Å². The summed E-state index contributed by atoms with van der Waals surface area (Å²) in [4.78, 5) is 0.186. The fraction of sp³-hybridized carbons (Fsp3) is 0.429. The molecule has 2 unspecified atom stereocenters. The second-order valence-corrected chi connectivity index (χ2v) is 11.2. The summed E-state index contributed by atoms with van der Waals surface area (Å²) in [6, 6.07) is 15.2. The van der Waals surface area contributed by atoms with Gasteiger partial charge in [0.1, 0.15) is 0 Å². The number of piperidine rings is 1. The Balaban J connectivity index is 1.79. The summed E-state index contributed by atoms with van der Waals surface area (Å²) < 4.78 is 55.1. The molecule has 1 aliphatic heterocycles. The van der Waals surface area contributed by atoms with Gasteiger partial charge in [-0.2, -0.15) is 4.31 Å². The molecule has 1 fully saturated rings. The Kier molecular flexibility index (Phi) is 6.78. The molecule has 0 aliphatic carbocycles. The molecule has 1 aliphatic rings. The highest BCUT2D eigenvalue weighted by Gasteiger charge is 2.31. The maximum atomic E-state index is 13.1. The Labute approximate surface area is 174 Å². The monoisotopic (exact) mass is 436 g/mol. The SMILES string of the molecule is CCC(C)NS(=O)(=O)c1ccc(S(=O)(=O)N2CCCC(c3ccccc3)C2)cc1. The molecule has 0 radical (unpaired) electrons. The van der Waals surface area contributed by atoms with Crippen LogP contribution in [0, 0.1) is 0 Å². The Hall–Kier alpha value is -1.74. The van der Waals surface area contributed by atoms with Gasteiger partial charge in [0.25, 0.3) is 0 Å². The summed E-state index contributed by atoms with van der Waals surface area (Å²) in [7, 11) is -7.34. The van der Waals surface area contributed by atoms with Crippen molar-refractivity contribution in [2.24, 2.45) is 0 Å². The molecule has 8 heteroatoms. The van der Waals surface area contributed by atoms with Crippen LogP contribution in [-0.2, 0) is 20.0 Å². The molecule has 1 saturated heterocycles. The van der Waals surface area contributed by atoms with Crippen LogP contribution in [0.1, 0.15) is 44.6 Å². The van der Waals surface area contributed by atoms with Crippen LogP contribution in [0.4, 0.5) is 0 Å². The van der Waals surface area contributed by atoms with Gasteiger partial charge in [-0.3, -0.25) is 0 Å². The van der Waals surface area contributed by atoms with E-state index in [-0.39, 0.29) is 21.8 Å². The molecule has 0 saturated carbocycles. The average molecular weight is 437 g/mol. The number of nitrogens with zero attached hydrogens (tertiary/aromatic N) is 1. The molecule has 0 aromatic heterocycles. The normalized spacial score (nSPS) is 19.7. The summed E-state index contributed by atoms with van der Waals surface area (Å²) in [6.07, 6.45) is 2.42. The maximum absolute atomic E-state index is 13.1. The first kappa shape index (κ1) is 22.0. The minimum absolute atomic E-state index is 0.0672. The van der Waals surface area contributed by atoms with E-state index in [1.807, 2.05) is 37.3 Å². The molecule has 158 valence electrons. The lowest BCUT2D eigenvalue weighted by atomic mass is 9.92. The van der Waals surface area contributed by atoms with Crippen molar-refractivity contribution in [2.75, 3.05) is 13.1 Å². The van der Waals surface area contributed by atoms with Gasteiger partial charge < -0.3 is 0 Å². The van der Waals surface area contributed by atoms with Crippen molar-refractivity contribution < 1.29 is 16.8 Å². The van der Waals surface area contributed by atoms with Crippen molar-refractivity contribution in [3.63, 3.8) is 0 Å². The molecule has 0 spiro atoms. The molecular weight excluding hydrogens is 408 g/mol. The molecular formula is C21H28N2O4S2. The number of sulfonamides is 2. The molecule has 1 N–H and O–H groups in total. The quantitative estimate of drug-likeness (QED) is 0.722. The van der Waals surface area contributed by atoms with E-state index in [2.05, 4.69) is 4.72 Å². The van der Waals surface area contributed by atoms with E-state index in [1.165, 1.54) is 28.6 Å². The second-order valence-electron chi connectivity index (χ2n) is 7.51. The molecule has 2 aromatic carbocycles. The first-order chi connectivity index (χ1) is 13.7. The third-order valence-electron chi connectivity index (χ3n) is 5.40. The molecule has 2 aromatic rings. The molecule has 0 bridgehead atoms. The van der Waals surface area contributed by atoms with E-state index >= 15 is 0 Å². The lowest BCUT2D eigenvalue weighted by Crippen LogP contribution is -2.39. The van der Waals surface area contributed by atoms with Crippen molar-refractivity contribution in [3.05, 3.63) is 60.2 Å². The van der Waals surface area contributed by atoms with E-state index in [4.69, 9.17) is 0 Å². The zero-order valence-electron chi connectivity index (χ0n) is 16.8. The van der Waals surface area contributed by atoms with Crippen LogP contribution >= 0.6 is 0 Å². The third kappa shape index (κ3) is 5.06. The van der Waals surface area contributed by atoms with Crippen LogP contribution < -0.4 is 4.72 Å². The zero-order valence-corrected chi connectivity index (χ0v) is 18.4. The number of hydrogen-bond donors (Lipinski definition) is 1. The molecule has 6 nitrogen and oxygen atoms in total. The van der Waals surface area contributed by atoms with E-state index in [0.29, 0.717) is 19.5 Å². The summed E-state index contributed by atoms with van der Waals surface area (Å²) in [5.41, 5.74) is 1.14. The van der Waals surface area contributed by atoms with E-state index in [9.17, 15) is 16.8 Å². The zero-order chi connectivity index (χ0) is 21.1. The molecule has 29 heavy (non-hydrogen) atoms. The molecule has 1 heterocycles. The lowest BCUT2D eigenvalue weighted by Gasteiger charge is -2.32. The van der Waals surface area contributed by atoms with Crippen LogP contribution in [0.5, 0.6) is 0 Å². The van der Waals surface area contributed by atoms with Gasteiger partial charge in [-0.1, -0.05) is 37.3 Å². The van der Waals surface area contributed by atoms with Crippen LogP contribution in [0.2, 0.25) is 0 Å². The smallest absolute Gasteiger partial charge is 0.208 e. The standard InChI is InChI=1S/C21H28N2O4S2/c1-3-17(2)22-28(24,25)20-11-13-21(14-12-20)29(26,27)23-15-7-10-19(16-23)18-8-5-4-6-9-18/h4-6,8-9,11-14,17,19,22H,3,7,10,15-16H2,1-2H3. The van der Waals surface area contributed by atoms with E-state index in [0.717, 1.165) is 18.4 Å². The second kappa shape index (κ2) is 8.95. The topological polar surface area (TPSA) is 83.5 Å². The van der Waals surface area contributed by atoms with Gasteiger partial charge in [0.05, 0.1) is 9.79 Å². The third-order valence-corrected chi connectivity index (χ3v) is 8.88. The minimum atomic E-state index is -3.67. The first-order valence-electron chi connectivity index (χ1n) is 9.91. The number of benzene rings is 2. The van der Waals surface area contributed by atoms with Gasteiger partial charge in [0, 0.05) is 19.1 Å². The van der Waals surface area contributed by atoms with Gasteiger partial charge >= 0.3 is 0 Å². The lowest BCUT2D eigenvalue weighted by molar-refractivity contribution is 0.315. The highest BCUT2D eigenvalue weighted by Crippen LogP contribution is 2.30. The Morgan fingerprint density at radius 3 is 2.24 bits per heavy atom. The van der Waals surface area contributed by atoms with Crippen molar-refractivity contribution in [1.82, 2.24) is 9.03 Å². The minimum Gasteiger partial charge on any atom is -0.208 e. The fourth-order valence-electron chi connectivity index (χ4n) is 3.51. The van der Waals surface area contributed by atoms with Crippen molar-refractivity contribution in [1.29, 1.82) is 0 Å². The van der Waals surface area contributed by atoms with Gasteiger partial charge in [-0.25, -0.2) is 21.6 Å². The predicted octanol–water partition coefficient (Wildman–Crippen LogP) is 3.33. The molecule has 2 atom stereocenters. The fourth-order valence-corrected chi connectivity index (χ4v) is 6.36. The molecule has 0 amide bonds. The Morgan fingerprint density at radius 1 is 1.00 bits per heavy atom. The number of nitrogens with one attached hydrogen (secondary N) is 1. The Morgan fingerprint density at radius 2 is 1.62 bits per heavy atom. The van der Waals surface area contributed by atoms with Crippen molar-refractivity contribution in [3.8, 4) is 0 Å². The van der Waals surface area contributed by atoms with E-state index in [1.54, 1.807) is 6.92 Å². The predicted molar refractivity (Wildman–Crippen MR) is 114 cm³/mol. The largest absolute Gasteiger partial charge is 0.243 e. The highest BCUT2D eigenvalue weighted by atomic mass is 32.2. The maximum Gasteiger partial charge on any atom is 0.243 e. The number of rotatable bonds is 7. The van der Waals surface area contributed by atoms with E-state index < -0.39 is 20.0 Å². The highest BCUT2D eigenvalue weighted by molar-refractivity contribution is 7.89. The Bertz CT molecular complexity index is 1020. The van der Waals surface area contributed by atoms with Crippen LogP contribution in [-0.4, -0.2) is 40.3 Å². The van der Waals surface area contributed by atoms with Crippen molar-refractivity contribution >= 4 is 20.0 Å². The summed E-state index contributed by atoms with van der Waals surface area (Å²) in [5.74, 6) is 0.166. The summed E-state index contributed by atoms with van der Waals surface area (Å²) in [6.45, 7) is 4.59. The summed E-state index contributed by atoms with van der Waals surface area (Å²) in [5, 5.41) is 0. The first-order valence-corrected chi connectivity index (χ1v) is 12.8. The van der Waals surface area contributed by atoms with Gasteiger partial charge in [-0.05, 0) is 61.9 Å². The van der Waals surface area contributed by atoms with Crippen LogP contribution in [0.3, 0.4) is 0 Å². The average Bonchev–Trinajstić information content (AvgIpc) is 2.74. The van der Waals surface area contributed by atoms with Crippen molar-refractivity contribution in [2.45, 2.75) is 54.9 Å². The summed E-state index contributed by atoms with van der Waals surface area (Å²) >= 11 is 0. The van der Waals surface area contributed by atoms with Gasteiger partial charge in [0.15, 0.2) is 0 Å². The van der Waals surface area contributed by atoms with Gasteiger partial charge in [-0.15, -0.1) is 0 Å². The number of hydrogen-bond acceptors (Lipinski definition) is 4. The molecule has 3 rings (SSSR count). The van der Waals surface area contributed by atoms with Crippen LogP contribution in [0.25, 0.3) is 0 Å².